The molecule has 0 radical (unpaired) electrons. The van der Waals surface area contributed by atoms with Gasteiger partial charge in [-0.05, 0) is 0 Å². The molecule has 0 nitrogen and oxygen atoms in total. The van der Waals surface area contributed by atoms with Crippen molar-refractivity contribution in [1.29, 1.82) is 0 Å². The van der Waals surface area contributed by atoms with E-state index >= 15 is 0 Å². The molecule has 6 aromatic carbocycles. The van der Waals surface area contributed by atoms with Crippen LogP contribution in [0.2, 0.25) is 0 Å². The van der Waals surface area contributed by atoms with E-state index in [-0.39, 0.29) is 0 Å². The Kier molecular flexibility index (Phi) is 7.90. The van der Waals surface area contributed by atoms with E-state index < -0.39 is 0 Å². The monoisotopic (exact) mass is 486 g/mol. The maximum atomic E-state index is 2.16. The molecular formula is C31H24Zr. The summed E-state index contributed by atoms with van der Waals surface area (Å²) in [7, 11) is 0. The predicted octanol–water partition coefficient (Wildman–Crippen LogP) is 7.92. The minimum absolute atomic E-state index is 1.33. The molecule has 1 heteroatoms. The molecule has 152 valence electrons. The minimum Gasteiger partial charge on any atom is -0.168 e. The summed E-state index contributed by atoms with van der Waals surface area (Å²) in [4.78, 5) is 0. The van der Waals surface area contributed by atoms with Gasteiger partial charge in [0.15, 0.2) is 0 Å². The van der Waals surface area contributed by atoms with Crippen LogP contribution in [0.15, 0.2) is 146 Å². The van der Waals surface area contributed by atoms with Crippen molar-refractivity contribution in [2.45, 2.75) is 0 Å². The fourth-order valence-electron chi connectivity index (χ4n) is 3.52. The molecule has 0 aliphatic rings. The molecular weight excluding hydrogens is 464 g/mol. The van der Waals surface area contributed by atoms with Gasteiger partial charge in [-0.15, -0.1) is 59.3 Å². The molecule has 0 saturated carbocycles. The Labute approximate surface area is 204 Å². The van der Waals surface area contributed by atoms with Crippen molar-refractivity contribution in [2.24, 2.45) is 0 Å². The zero-order valence-corrected chi connectivity index (χ0v) is 20.3. The largest absolute Gasteiger partial charge is 0.168 e. The maximum absolute atomic E-state index is 2.16. The third-order valence-corrected chi connectivity index (χ3v) is 6.64. The van der Waals surface area contributed by atoms with Crippen LogP contribution in [0.1, 0.15) is 11.1 Å². The molecule has 0 N–H and O–H groups in total. The number of fused-ring (bicyclic) bond motifs is 2. The van der Waals surface area contributed by atoms with Gasteiger partial charge in [0.05, 0.1) is 0 Å². The van der Waals surface area contributed by atoms with Crippen LogP contribution in [0, 0.1) is 0 Å². The molecule has 0 saturated heterocycles. The summed E-state index contributed by atoms with van der Waals surface area (Å²) in [5.41, 5.74) is 2.66. The molecule has 0 amide bonds. The Bertz CT molecular complexity index is 1200. The Morgan fingerprint density at radius 2 is 0.812 bits per heavy atom. The molecule has 0 aliphatic carbocycles. The molecule has 0 unspecified atom stereocenters. The van der Waals surface area contributed by atoms with Crippen LogP contribution in [-0.4, -0.2) is 3.21 Å². The van der Waals surface area contributed by atoms with Crippen LogP contribution >= 0.6 is 0 Å². The first-order valence-electron chi connectivity index (χ1n) is 10.7. The summed E-state index contributed by atoms with van der Waals surface area (Å²) in [5, 5.41) is 5.32. The van der Waals surface area contributed by atoms with Crippen molar-refractivity contribution in [3.8, 4) is 0 Å². The number of hydrogen-bond acceptors (Lipinski definition) is 0. The van der Waals surface area contributed by atoms with E-state index in [1.165, 1.54) is 60.1 Å². The second kappa shape index (κ2) is 11.5. The van der Waals surface area contributed by atoms with Crippen LogP contribution < -0.4 is 0 Å². The van der Waals surface area contributed by atoms with E-state index in [4.69, 9.17) is 0 Å². The first-order valence-corrected chi connectivity index (χ1v) is 11.9. The summed E-state index contributed by atoms with van der Waals surface area (Å²) in [6.45, 7) is 0. The van der Waals surface area contributed by atoms with Gasteiger partial charge in [0.2, 0.25) is 0 Å². The number of benzene rings is 4. The van der Waals surface area contributed by atoms with Crippen molar-refractivity contribution in [3.63, 3.8) is 0 Å². The van der Waals surface area contributed by atoms with Gasteiger partial charge in [-0.25, -0.2) is 0 Å². The average molecular weight is 488 g/mol. The minimum atomic E-state index is 1.33. The molecule has 0 atom stereocenters. The molecule has 0 aromatic heterocycles. The molecule has 0 fully saturated rings. The van der Waals surface area contributed by atoms with E-state index in [1.54, 1.807) is 0 Å². The van der Waals surface area contributed by atoms with Crippen LogP contribution in [0.5, 0.6) is 0 Å². The fraction of sp³-hybridized carbons (Fsp3) is 0. The van der Waals surface area contributed by atoms with Gasteiger partial charge in [0, 0.05) is 0 Å². The Morgan fingerprint density at radius 1 is 0.438 bits per heavy atom. The van der Waals surface area contributed by atoms with E-state index in [2.05, 4.69) is 146 Å². The SMILES string of the molecule is [Zr+2]=[C](c1ccccc1)c1ccccc1.c1ccc2[cH-]ccc2c1.c1ccc2[cH-]ccc2c1. The van der Waals surface area contributed by atoms with Gasteiger partial charge in [-0.1, -0.05) is 12.1 Å². The van der Waals surface area contributed by atoms with Crippen molar-refractivity contribution < 1.29 is 24.2 Å². The third-order valence-electron chi connectivity index (χ3n) is 5.22. The molecule has 0 spiro atoms. The summed E-state index contributed by atoms with van der Waals surface area (Å²) < 4.78 is 1.42. The van der Waals surface area contributed by atoms with E-state index in [1.807, 2.05) is 0 Å². The summed E-state index contributed by atoms with van der Waals surface area (Å²) in [6.07, 6.45) is 0. The normalized spacial score (nSPS) is 10.1. The van der Waals surface area contributed by atoms with Gasteiger partial charge >= 0.3 is 99.2 Å². The van der Waals surface area contributed by atoms with Crippen LogP contribution in [-0.2, 0) is 24.2 Å². The first kappa shape index (κ1) is 22.1. The van der Waals surface area contributed by atoms with Gasteiger partial charge < -0.3 is 0 Å². The molecule has 6 rings (SSSR count). The van der Waals surface area contributed by atoms with Gasteiger partial charge in [0.25, 0.3) is 0 Å². The average Bonchev–Trinajstić information content (AvgIpc) is 3.55. The zero-order valence-electron chi connectivity index (χ0n) is 17.9. The van der Waals surface area contributed by atoms with Gasteiger partial charge in [-0.2, -0.15) is 35.0 Å². The van der Waals surface area contributed by atoms with E-state index in [0.29, 0.717) is 0 Å². The quantitative estimate of drug-likeness (QED) is 0.218. The Balaban J connectivity index is 0.000000119. The molecule has 0 bridgehead atoms. The van der Waals surface area contributed by atoms with Gasteiger partial charge in [0.1, 0.15) is 0 Å². The van der Waals surface area contributed by atoms with Crippen LogP contribution in [0.25, 0.3) is 21.5 Å². The molecule has 0 aliphatic heterocycles. The maximum Gasteiger partial charge on any atom is -0.0809 e. The topological polar surface area (TPSA) is 0 Å². The van der Waals surface area contributed by atoms with Crippen LogP contribution in [0.3, 0.4) is 0 Å². The van der Waals surface area contributed by atoms with Crippen molar-refractivity contribution >= 4 is 24.8 Å². The third kappa shape index (κ3) is 5.97. The predicted molar refractivity (Wildman–Crippen MR) is 135 cm³/mol. The Morgan fingerprint density at radius 3 is 1.22 bits per heavy atom. The smallest absolute Gasteiger partial charge is 0.0809 e. The van der Waals surface area contributed by atoms with E-state index in [0.717, 1.165) is 0 Å². The molecule has 0 heterocycles. The number of rotatable bonds is 2. The second-order valence-corrected chi connectivity index (χ2v) is 8.65. The first-order chi connectivity index (χ1) is 15.8. The zero-order chi connectivity index (χ0) is 22.0. The van der Waals surface area contributed by atoms with Crippen molar-refractivity contribution in [3.05, 3.63) is 157 Å². The summed E-state index contributed by atoms with van der Waals surface area (Å²) in [6, 6.07) is 50.4. The van der Waals surface area contributed by atoms with Crippen molar-refractivity contribution in [1.82, 2.24) is 0 Å². The van der Waals surface area contributed by atoms with Crippen molar-refractivity contribution in [2.75, 3.05) is 0 Å². The molecule has 32 heavy (non-hydrogen) atoms. The fourth-order valence-corrected chi connectivity index (χ4v) is 4.34. The van der Waals surface area contributed by atoms with Crippen LogP contribution in [0.4, 0.5) is 0 Å². The second-order valence-electron chi connectivity index (χ2n) is 7.42. The summed E-state index contributed by atoms with van der Waals surface area (Å²) >= 11 is 1.46. The number of hydrogen-bond donors (Lipinski definition) is 0. The van der Waals surface area contributed by atoms with Gasteiger partial charge in [-0.3, -0.25) is 0 Å². The molecule has 6 aromatic rings. The van der Waals surface area contributed by atoms with E-state index in [9.17, 15) is 0 Å². The standard InChI is InChI=1S/C13H10.2C9H7.Zr/c1-3-7-12(8-4-1)11-13-9-5-2-6-10-13;2*1-2-5-9-7-3-6-8(9)4-1;/h1-10H;2*1-7H;/q;2*-1;+2. The Hall–Kier alpha value is -3.15. The summed E-state index contributed by atoms with van der Waals surface area (Å²) in [5.74, 6) is 0.